The summed E-state index contributed by atoms with van der Waals surface area (Å²) in [4.78, 5) is 11.0. The minimum absolute atomic E-state index is 0.0455. The van der Waals surface area contributed by atoms with E-state index in [0.717, 1.165) is 7.05 Å². The summed E-state index contributed by atoms with van der Waals surface area (Å²) in [7, 11) is 1.10. The van der Waals surface area contributed by atoms with Gasteiger partial charge in [0.05, 0.1) is 0 Å². The van der Waals surface area contributed by atoms with Crippen LogP contribution in [0.5, 0.6) is 0 Å². The monoisotopic (exact) mass is 266 g/mol. The predicted octanol–water partition coefficient (Wildman–Crippen LogP) is 3.15. The van der Waals surface area contributed by atoms with E-state index < -0.39 is 11.5 Å². The lowest BCUT2D eigenvalue weighted by Crippen LogP contribution is -2.27. The van der Waals surface area contributed by atoms with Crippen LogP contribution in [0.1, 0.15) is 0 Å². The van der Waals surface area contributed by atoms with Gasteiger partial charge in [-0.3, -0.25) is 5.21 Å². The van der Waals surface area contributed by atoms with Gasteiger partial charge in [-0.1, -0.05) is 6.07 Å². The van der Waals surface area contributed by atoms with Crippen molar-refractivity contribution in [1.82, 2.24) is 5.06 Å². The zero-order chi connectivity index (χ0) is 13.1. The van der Waals surface area contributed by atoms with Crippen LogP contribution in [0.15, 0.2) is 29.2 Å². The van der Waals surface area contributed by atoms with E-state index in [1.54, 1.807) is 0 Å². The number of hydroxylamine groups is 2. The number of amides is 2. The Labute approximate surface area is 99.4 Å². The number of hydrogen-bond donors (Lipinski definition) is 2. The van der Waals surface area contributed by atoms with Gasteiger partial charge in [-0.2, -0.15) is 13.2 Å². The topological polar surface area (TPSA) is 52.6 Å². The molecular formula is C9H9F3N2O2S. The molecule has 0 aromatic heterocycles. The van der Waals surface area contributed by atoms with Crippen LogP contribution in [0.25, 0.3) is 0 Å². The third-order valence-electron chi connectivity index (χ3n) is 1.61. The molecule has 8 heteroatoms. The third-order valence-corrected chi connectivity index (χ3v) is 2.33. The van der Waals surface area contributed by atoms with Gasteiger partial charge in [0.2, 0.25) is 0 Å². The second-order valence-electron chi connectivity index (χ2n) is 3.03. The Hall–Kier alpha value is -1.41. The van der Waals surface area contributed by atoms with Gasteiger partial charge < -0.3 is 5.32 Å². The lowest BCUT2D eigenvalue weighted by molar-refractivity contribution is -0.0328. The number of anilines is 1. The largest absolute Gasteiger partial charge is 0.446 e. The number of rotatable bonds is 2. The number of nitrogens with zero attached hydrogens (tertiary/aromatic N) is 1. The number of hydrogen-bond acceptors (Lipinski definition) is 3. The number of carbonyl (C=O) groups is 1. The Morgan fingerprint density at radius 2 is 2.12 bits per heavy atom. The molecule has 0 saturated carbocycles. The molecule has 1 aromatic carbocycles. The summed E-state index contributed by atoms with van der Waals surface area (Å²) >= 11 is -0.277. The smallest absolute Gasteiger partial charge is 0.306 e. The molecule has 0 aliphatic heterocycles. The maximum atomic E-state index is 12.1. The molecule has 2 amide bonds. The molecule has 4 nitrogen and oxygen atoms in total. The highest BCUT2D eigenvalue weighted by Gasteiger charge is 2.29. The van der Waals surface area contributed by atoms with E-state index in [-0.39, 0.29) is 22.3 Å². The average Bonchev–Trinajstić information content (AvgIpc) is 2.15. The quantitative estimate of drug-likeness (QED) is 0.491. The molecule has 0 aliphatic carbocycles. The summed E-state index contributed by atoms with van der Waals surface area (Å²) in [5, 5.41) is 11.3. The standard InChI is InChI=1S/C9H9F3N2O2S/c1-14(16)8(15)13-6-3-2-4-7(5-6)17-9(10,11)12/h2-5,16H,1H3,(H,13,15). The van der Waals surface area contributed by atoms with Crippen LogP contribution in [0, 0.1) is 0 Å². The van der Waals surface area contributed by atoms with Crippen LogP contribution >= 0.6 is 11.8 Å². The number of carbonyl (C=O) groups excluding carboxylic acids is 1. The number of thioether (sulfide) groups is 1. The van der Waals surface area contributed by atoms with Crippen molar-refractivity contribution < 1.29 is 23.2 Å². The second kappa shape index (κ2) is 5.28. The molecule has 0 saturated heterocycles. The summed E-state index contributed by atoms with van der Waals surface area (Å²) in [5.41, 5.74) is -4.21. The van der Waals surface area contributed by atoms with Gasteiger partial charge in [0, 0.05) is 17.6 Å². The van der Waals surface area contributed by atoms with E-state index in [0.29, 0.717) is 5.06 Å². The molecule has 0 unspecified atom stereocenters. The van der Waals surface area contributed by atoms with E-state index in [1.807, 2.05) is 0 Å². The molecule has 0 fully saturated rings. The first kappa shape index (κ1) is 13.7. The molecule has 1 aromatic rings. The summed E-state index contributed by atoms with van der Waals surface area (Å²) in [6.45, 7) is 0. The first-order chi connectivity index (χ1) is 7.78. The highest BCUT2D eigenvalue weighted by molar-refractivity contribution is 8.00. The lowest BCUT2D eigenvalue weighted by atomic mass is 10.3. The summed E-state index contributed by atoms with van der Waals surface area (Å²) in [5.74, 6) is 0. The molecule has 0 heterocycles. The predicted molar refractivity (Wildman–Crippen MR) is 56.9 cm³/mol. The van der Waals surface area contributed by atoms with Gasteiger partial charge in [-0.25, -0.2) is 9.86 Å². The van der Waals surface area contributed by atoms with Crippen molar-refractivity contribution in [2.45, 2.75) is 10.4 Å². The van der Waals surface area contributed by atoms with Crippen LogP contribution in [0.2, 0.25) is 0 Å². The van der Waals surface area contributed by atoms with E-state index >= 15 is 0 Å². The van der Waals surface area contributed by atoms with Gasteiger partial charge in [-0.05, 0) is 30.0 Å². The van der Waals surface area contributed by atoms with Crippen LogP contribution in [0.3, 0.4) is 0 Å². The first-order valence-corrected chi connectivity index (χ1v) is 5.19. The maximum Gasteiger partial charge on any atom is 0.446 e. The number of halogens is 3. The zero-order valence-electron chi connectivity index (χ0n) is 8.65. The molecule has 1 rings (SSSR count). The summed E-state index contributed by atoms with van der Waals surface area (Å²) < 4.78 is 36.3. The van der Waals surface area contributed by atoms with Gasteiger partial charge in [0.15, 0.2) is 0 Å². The fourth-order valence-corrected chi connectivity index (χ4v) is 1.58. The summed E-state index contributed by atoms with van der Waals surface area (Å²) in [6, 6.07) is 4.40. The van der Waals surface area contributed by atoms with Gasteiger partial charge in [0.25, 0.3) is 0 Å². The number of benzene rings is 1. The van der Waals surface area contributed by atoms with Gasteiger partial charge in [-0.15, -0.1) is 0 Å². The molecular weight excluding hydrogens is 257 g/mol. The molecule has 0 atom stereocenters. The first-order valence-electron chi connectivity index (χ1n) is 4.37. The van der Waals surface area contributed by atoms with Crippen LogP contribution < -0.4 is 5.32 Å². The minimum atomic E-state index is -4.38. The zero-order valence-corrected chi connectivity index (χ0v) is 9.47. The van der Waals surface area contributed by atoms with Gasteiger partial charge >= 0.3 is 11.5 Å². The molecule has 0 radical (unpaired) electrons. The molecule has 0 aliphatic rings. The highest BCUT2D eigenvalue weighted by atomic mass is 32.2. The Morgan fingerprint density at radius 1 is 1.47 bits per heavy atom. The molecule has 94 valence electrons. The minimum Gasteiger partial charge on any atom is -0.306 e. The average molecular weight is 266 g/mol. The molecule has 2 N–H and O–H groups in total. The maximum absolute atomic E-state index is 12.1. The number of nitrogens with one attached hydrogen (secondary N) is 1. The third kappa shape index (κ3) is 4.96. The highest BCUT2D eigenvalue weighted by Crippen LogP contribution is 2.37. The SMILES string of the molecule is CN(O)C(=O)Nc1cccc(SC(F)(F)F)c1. The molecule has 0 bridgehead atoms. The Bertz CT molecular complexity index is 409. The van der Waals surface area contributed by atoms with Crippen molar-refractivity contribution in [3.8, 4) is 0 Å². The Kier molecular flexibility index (Phi) is 4.24. The Balaban J connectivity index is 2.76. The molecule has 17 heavy (non-hydrogen) atoms. The van der Waals surface area contributed by atoms with Crippen LogP contribution in [0.4, 0.5) is 23.7 Å². The van der Waals surface area contributed by atoms with Crippen LogP contribution in [-0.2, 0) is 0 Å². The molecule has 0 spiro atoms. The normalized spacial score (nSPS) is 11.1. The van der Waals surface area contributed by atoms with Crippen molar-refractivity contribution in [1.29, 1.82) is 0 Å². The van der Waals surface area contributed by atoms with E-state index in [4.69, 9.17) is 5.21 Å². The van der Waals surface area contributed by atoms with Crippen LogP contribution in [-0.4, -0.2) is 28.9 Å². The van der Waals surface area contributed by atoms with Crippen molar-refractivity contribution in [2.24, 2.45) is 0 Å². The number of alkyl halides is 3. The van der Waals surface area contributed by atoms with E-state index in [2.05, 4.69) is 5.32 Å². The Morgan fingerprint density at radius 3 is 2.65 bits per heavy atom. The van der Waals surface area contributed by atoms with E-state index in [9.17, 15) is 18.0 Å². The second-order valence-corrected chi connectivity index (χ2v) is 4.17. The van der Waals surface area contributed by atoms with Crippen molar-refractivity contribution in [3.05, 3.63) is 24.3 Å². The lowest BCUT2D eigenvalue weighted by Gasteiger charge is -2.11. The van der Waals surface area contributed by atoms with Crippen molar-refractivity contribution in [3.63, 3.8) is 0 Å². The summed E-state index contributed by atoms with van der Waals surface area (Å²) in [6.07, 6.45) is 0. The van der Waals surface area contributed by atoms with Crippen molar-refractivity contribution >= 4 is 23.5 Å². The van der Waals surface area contributed by atoms with E-state index in [1.165, 1.54) is 24.3 Å². The fourth-order valence-electron chi connectivity index (χ4n) is 0.975. The number of urea groups is 1. The fraction of sp³-hybridized carbons (Fsp3) is 0.222. The van der Waals surface area contributed by atoms with Gasteiger partial charge in [0.1, 0.15) is 0 Å². The van der Waals surface area contributed by atoms with Crippen molar-refractivity contribution in [2.75, 3.05) is 12.4 Å².